The molecule has 1 aromatic carbocycles. The van der Waals surface area contributed by atoms with Gasteiger partial charge >= 0.3 is 0 Å². The summed E-state index contributed by atoms with van der Waals surface area (Å²) in [6, 6.07) is 7.16. The maximum absolute atomic E-state index is 13.0. The quantitative estimate of drug-likeness (QED) is 0.900. The lowest BCUT2D eigenvalue weighted by molar-refractivity contribution is 0.448. The predicted molar refractivity (Wildman–Crippen MR) is 87.6 cm³/mol. The second-order valence-corrected chi connectivity index (χ2v) is 7.76. The van der Waals surface area contributed by atoms with Crippen LogP contribution in [0.5, 0.6) is 0 Å². The molecule has 22 heavy (non-hydrogen) atoms. The van der Waals surface area contributed by atoms with Gasteiger partial charge in [-0.15, -0.1) is 12.4 Å². The number of pyridine rings is 1. The number of benzene rings is 1. The fourth-order valence-electron chi connectivity index (χ4n) is 3.47. The first-order chi connectivity index (χ1) is 10.2. The van der Waals surface area contributed by atoms with E-state index < -0.39 is 10.0 Å². The number of hydrogen-bond donors (Lipinski definition) is 1. The Kier molecular flexibility index (Phi) is 4.11. The SMILES string of the molecule is Cl.O=S(=O)(c1cccc2cnccc12)N1C[C@H]2CNC[C@H]2C1. The number of aromatic nitrogens is 1. The van der Waals surface area contributed by atoms with Crippen LogP contribution in [-0.4, -0.2) is 43.9 Å². The Morgan fingerprint density at radius 3 is 2.59 bits per heavy atom. The summed E-state index contributed by atoms with van der Waals surface area (Å²) >= 11 is 0. The smallest absolute Gasteiger partial charge is 0.243 e. The zero-order valence-electron chi connectivity index (χ0n) is 12.0. The van der Waals surface area contributed by atoms with Crippen LogP contribution in [0.15, 0.2) is 41.6 Å². The maximum Gasteiger partial charge on any atom is 0.243 e. The van der Waals surface area contributed by atoms with Crippen LogP contribution in [0.3, 0.4) is 0 Å². The molecule has 2 aliphatic heterocycles. The van der Waals surface area contributed by atoms with E-state index in [-0.39, 0.29) is 12.4 Å². The minimum absolute atomic E-state index is 0. The van der Waals surface area contributed by atoms with Crippen molar-refractivity contribution in [1.29, 1.82) is 0 Å². The van der Waals surface area contributed by atoms with Gasteiger partial charge < -0.3 is 5.32 Å². The zero-order chi connectivity index (χ0) is 14.4. The normalized spacial score (nSPS) is 25.1. The van der Waals surface area contributed by atoms with Crippen LogP contribution in [0.4, 0.5) is 0 Å². The molecule has 0 bridgehead atoms. The van der Waals surface area contributed by atoms with Crippen molar-refractivity contribution in [2.45, 2.75) is 4.90 Å². The standard InChI is InChI=1S/C15H17N3O2S.ClH/c19-21(20,18-9-12-7-17-8-13(12)10-18)15-3-1-2-11-6-16-5-4-14(11)15;/h1-6,12-13,17H,7-10H2;1H/t12-,13+;. The number of sulfonamides is 1. The Morgan fingerprint density at radius 1 is 1.14 bits per heavy atom. The van der Waals surface area contributed by atoms with Crippen molar-refractivity contribution in [3.63, 3.8) is 0 Å². The molecule has 0 saturated carbocycles. The Balaban J connectivity index is 0.00000144. The monoisotopic (exact) mass is 339 g/mol. The molecule has 7 heteroatoms. The summed E-state index contributed by atoms with van der Waals surface area (Å²) in [5, 5.41) is 4.95. The summed E-state index contributed by atoms with van der Waals surface area (Å²) in [5.74, 6) is 0.910. The molecule has 0 amide bonds. The molecule has 2 aliphatic rings. The highest BCUT2D eigenvalue weighted by Gasteiger charge is 2.41. The number of nitrogens with zero attached hydrogens (tertiary/aromatic N) is 2. The van der Waals surface area contributed by atoms with E-state index in [4.69, 9.17) is 0 Å². The number of nitrogens with one attached hydrogen (secondary N) is 1. The lowest BCUT2D eigenvalue weighted by Crippen LogP contribution is -2.32. The van der Waals surface area contributed by atoms with Crippen molar-refractivity contribution < 1.29 is 8.42 Å². The van der Waals surface area contributed by atoms with Gasteiger partial charge in [0.05, 0.1) is 4.90 Å². The first-order valence-corrected chi connectivity index (χ1v) is 8.64. The first-order valence-electron chi connectivity index (χ1n) is 7.20. The Bertz CT molecular complexity index is 779. The predicted octanol–water partition coefficient (Wildman–Crippen LogP) is 1.50. The third kappa shape index (κ3) is 2.40. The third-order valence-electron chi connectivity index (χ3n) is 4.61. The molecule has 0 spiro atoms. The van der Waals surface area contributed by atoms with Crippen molar-refractivity contribution in [3.8, 4) is 0 Å². The molecule has 0 aliphatic carbocycles. The van der Waals surface area contributed by atoms with Crippen LogP contribution in [0.1, 0.15) is 0 Å². The molecule has 5 nitrogen and oxygen atoms in total. The van der Waals surface area contributed by atoms with Crippen LogP contribution < -0.4 is 5.32 Å². The summed E-state index contributed by atoms with van der Waals surface area (Å²) < 4.78 is 27.6. The maximum atomic E-state index is 13.0. The summed E-state index contributed by atoms with van der Waals surface area (Å²) in [5.41, 5.74) is 0. The number of halogens is 1. The Hall–Kier alpha value is -1.21. The lowest BCUT2D eigenvalue weighted by atomic mass is 10.0. The lowest BCUT2D eigenvalue weighted by Gasteiger charge is -2.18. The van der Waals surface area contributed by atoms with E-state index in [9.17, 15) is 8.42 Å². The van der Waals surface area contributed by atoms with Gasteiger partial charge in [-0.25, -0.2) is 8.42 Å². The van der Waals surface area contributed by atoms with Crippen LogP contribution in [0.25, 0.3) is 10.8 Å². The van der Waals surface area contributed by atoms with E-state index in [0.29, 0.717) is 29.8 Å². The molecule has 3 heterocycles. The second kappa shape index (κ2) is 5.77. The van der Waals surface area contributed by atoms with Crippen LogP contribution in [-0.2, 0) is 10.0 Å². The van der Waals surface area contributed by atoms with Crippen molar-refractivity contribution in [3.05, 3.63) is 36.7 Å². The molecule has 2 fully saturated rings. The van der Waals surface area contributed by atoms with E-state index in [1.165, 1.54) is 0 Å². The van der Waals surface area contributed by atoms with Crippen molar-refractivity contribution >= 4 is 33.2 Å². The molecular weight excluding hydrogens is 322 g/mol. The summed E-state index contributed by atoms with van der Waals surface area (Å²) in [4.78, 5) is 4.46. The van der Waals surface area contributed by atoms with Gasteiger partial charge in [0, 0.05) is 36.3 Å². The largest absolute Gasteiger partial charge is 0.316 e. The first kappa shape index (κ1) is 15.7. The molecule has 1 aromatic heterocycles. The third-order valence-corrected chi connectivity index (χ3v) is 6.50. The van der Waals surface area contributed by atoms with E-state index in [0.717, 1.165) is 23.9 Å². The molecule has 4 rings (SSSR count). The highest BCUT2D eigenvalue weighted by Crippen LogP contribution is 2.32. The second-order valence-electron chi connectivity index (χ2n) is 5.85. The minimum atomic E-state index is -3.43. The fraction of sp³-hybridized carbons (Fsp3) is 0.400. The van der Waals surface area contributed by atoms with Gasteiger partial charge in [0.2, 0.25) is 10.0 Å². The number of fused-ring (bicyclic) bond motifs is 2. The Morgan fingerprint density at radius 2 is 1.86 bits per heavy atom. The van der Waals surface area contributed by atoms with Gasteiger partial charge in [-0.2, -0.15) is 4.31 Å². The molecule has 118 valence electrons. The van der Waals surface area contributed by atoms with Gasteiger partial charge in [-0.3, -0.25) is 4.98 Å². The van der Waals surface area contributed by atoms with E-state index in [2.05, 4.69) is 10.3 Å². The molecular formula is C15H18ClN3O2S. The van der Waals surface area contributed by atoms with Gasteiger partial charge in [-0.1, -0.05) is 12.1 Å². The van der Waals surface area contributed by atoms with Gasteiger partial charge in [-0.05, 0) is 37.1 Å². The number of rotatable bonds is 2. The fourth-order valence-corrected chi connectivity index (χ4v) is 5.23. The van der Waals surface area contributed by atoms with E-state index in [1.54, 1.807) is 34.9 Å². The average Bonchev–Trinajstić information content (AvgIpc) is 3.08. The Labute approximate surface area is 136 Å². The zero-order valence-corrected chi connectivity index (χ0v) is 13.6. The van der Waals surface area contributed by atoms with E-state index in [1.807, 2.05) is 6.07 Å². The highest BCUT2D eigenvalue weighted by atomic mass is 35.5. The topological polar surface area (TPSA) is 62.3 Å². The number of hydrogen-bond acceptors (Lipinski definition) is 4. The van der Waals surface area contributed by atoms with Gasteiger partial charge in [0.25, 0.3) is 0 Å². The summed E-state index contributed by atoms with van der Waals surface area (Å²) in [7, 11) is -3.43. The van der Waals surface area contributed by atoms with Crippen molar-refractivity contribution in [2.24, 2.45) is 11.8 Å². The van der Waals surface area contributed by atoms with Crippen LogP contribution in [0, 0.1) is 11.8 Å². The molecule has 2 aromatic rings. The molecule has 2 saturated heterocycles. The molecule has 0 unspecified atom stereocenters. The molecule has 1 N–H and O–H groups in total. The van der Waals surface area contributed by atoms with Crippen molar-refractivity contribution in [2.75, 3.05) is 26.2 Å². The average molecular weight is 340 g/mol. The summed E-state index contributed by atoms with van der Waals surface area (Å²) in [6.45, 7) is 3.11. The van der Waals surface area contributed by atoms with Gasteiger partial charge in [0.15, 0.2) is 0 Å². The van der Waals surface area contributed by atoms with Crippen molar-refractivity contribution in [1.82, 2.24) is 14.6 Å². The molecule has 2 atom stereocenters. The van der Waals surface area contributed by atoms with Crippen LogP contribution in [0.2, 0.25) is 0 Å². The summed E-state index contributed by atoms with van der Waals surface area (Å²) in [6.07, 6.45) is 3.35. The highest BCUT2D eigenvalue weighted by molar-refractivity contribution is 7.89. The minimum Gasteiger partial charge on any atom is -0.316 e. The van der Waals surface area contributed by atoms with Crippen LogP contribution >= 0.6 is 12.4 Å². The van der Waals surface area contributed by atoms with Gasteiger partial charge in [0.1, 0.15) is 0 Å². The molecule has 0 radical (unpaired) electrons. The van der Waals surface area contributed by atoms with E-state index >= 15 is 0 Å².